The highest BCUT2D eigenvalue weighted by molar-refractivity contribution is 5.77. The van der Waals surface area contributed by atoms with Crippen LogP contribution in [0.15, 0.2) is 0 Å². The number of aliphatic hydroxyl groups is 12. The summed E-state index contributed by atoms with van der Waals surface area (Å²) in [6.45, 7) is -1.10. The summed E-state index contributed by atoms with van der Waals surface area (Å²) < 4.78 is 40.2. The van der Waals surface area contributed by atoms with E-state index in [-0.39, 0.29) is 0 Å². The molecular formula is C33H55N3O24. The van der Waals surface area contributed by atoms with Crippen LogP contribution >= 0.6 is 0 Å². The number of rotatable bonds is 16. The fraction of sp³-hybridized carbons (Fsp3) is 0.879. The molecule has 21 atom stereocenters. The van der Waals surface area contributed by atoms with Gasteiger partial charge in [-0.2, -0.15) is 0 Å². The summed E-state index contributed by atoms with van der Waals surface area (Å²) in [5.74, 6) is -7.75. The van der Waals surface area contributed by atoms with Crippen LogP contribution in [0.5, 0.6) is 0 Å². The number of carboxylic acid groups (broad SMARTS) is 1. The minimum absolute atomic E-state index is 0.786. The minimum Gasteiger partial charge on any atom is -0.477 e. The Hall–Kier alpha value is -2.88. The van der Waals surface area contributed by atoms with Gasteiger partial charge >= 0.3 is 5.97 Å². The van der Waals surface area contributed by atoms with Crippen LogP contribution in [0.1, 0.15) is 27.2 Å². The zero-order valence-electron chi connectivity index (χ0n) is 32.4. The number of carboxylic acids is 1. The Labute approximate surface area is 340 Å². The summed E-state index contributed by atoms with van der Waals surface area (Å²) in [5.41, 5.74) is 0. The van der Waals surface area contributed by atoms with E-state index in [2.05, 4.69) is 16.0 Å². The third-order valence-corrected chi connectivity index (χ3v) is 10.4. The molecule has 4 saturated heterocycles. The molecule has 0 aliphatic carbocycles. The average molecular weight is 878 g/mol. The SMILES string of the molecule is CC(=O)N[C@H]1[C@H](O[C@@H]2[C@H](O[C@]3(C(=O)O)C[C@H](O)[C@@H](NC(C)=O)[C@H]([C@H](O)[C@H](O)CO)O3)[C@@H](O)[C@H](O[C@H]3[C@@H](O)[C@@H](CO)OC(O)[C@@H]3NC(C)=O)O[C@@H]2CO)O[C@H](CO)[C@H](O)[C@@H]1O. The van der Waals surface area contributed by atoms with Crippen molar-refractivity contribution >= 4 is 23.7 Å². The van der Waals surface area contributed by atoms with Gasteiger partial charge in [-0.1, -0.05) is 0 Å². The van der Waals surface area contributed by atoms with Gasteiger partial charge in [0.05, 0.1) is 38.6 Å². The molecule has 4 rings (SSSR count). The molecule has 4 fully saturated rings. The predicted octanol–water partition coefficient (Wildman–Crippen LogP) is -10.1. The second kappa shape index (κ2) is 21.0. The first-order chi connectivity index (χ1) is 28.1. The Bertz CT molecular complexity index is 1470. The molecule has 0 aromatic rings. The number of amides is 3. The lowest BCUT2D eigenvalue weighted by atomic mass is 9.88. The zero-order chi connectivity index (χ0) is 45.0. The van der Waals surface area contributed by atoms with E-state index < -0.39 is 185 Å². The molecule has 346 valence electrons. The Kier molecular flexibility index (Phi) is 17.4. The van der Waals surface area contributed by atoms with Gasteiger partial charge in [0, 0.05) is 27.2 Å². The smallest absolute Gasteiger partial charge is 0.364 e. The number of hydrogen-bond acceptors (Lipinski definition) is 23. The van der Waals surface area contributed by atoms with Crippen molar-refractivity contribution in [2.45, 2.75) is 155 Å². The number of aliphatic carboxylic acids is 1. The molecule has 3 amide bonds. The second-order valence-electron chi connectivity index (χ2n) is 14.8. The molecule has 1 unspecified atom stereocenters. The first-order valence-electron chi connectivity index (χ1n) is 18.7. The Morgan fingerprint density at radius 1 is 0.650 bits per heavy atom. The molecule has 0 aromatic carbocycles. The van der Waals surface area contributed by atoms with E-state index >= 15 is 0 Å². The van der Waals surface area contributed by atoms with Crippen molar-refractivity contribution in [1.29, 1.82) is 0 Å². The monoisotopic (exact) mass is 877 g/mol. The number of nitrogens with one attached hydrogen (secondary N) is 3. The van der Waals surface area contributed by atoms with Gasteiger partial charge in [-0.05, 0) is 0 Å². The van der Waals surface area contributed by atoms with Gasteiger partial charge in [0.2, 0.25) is 17.7 Å². The van der Waals surface area contributed by atoms with E-state index in [4.69, 9.17) is 33.2 Å². The van der Waals surface area contributed by atoms with E-state index in [1.807, 2.05) is 0 Å². The topological polar surface area (TPSA) is 432 Å². The summed E-state index contributed by atoms with van der Waals surface area (Å²) >= 11 is 0. The van der Waals surface area contributed by atoms with Gasteiger partial charge in [0.25, 0.3) is 5.79 Å². The zero-order valence-corrected chi connectivity index (χ0v) is 32.4. The fourth-order valence-corrected chi connectivity index (χ4v) is 7.45. The van der Waals surface area contributed by atoms with Gasteiger partial charge in [-0.15, -0.1) is 0 Å². The highest BCUT2D eigenvalue weighted by Gasteiger charge is 2.61. The van der Waals surface area contributed by atoms with Crippen LogP contribution in [-0.4, -0.2) is 245 Å². The molecule has 4 aliphatic rings. The van der Waals surface area contributed by atoms with E-state index in [0.29, 0.717) is 0 Å². The van der Waals surface area contributed by atoms with Crippen LogP contribution in [0.25, 0.3) is 0 Å². The van der Waals surface area contributed by atoms with Crippen LogP contribution in [0.3, 0.4) is 0 Å². The predicted molar refractivity (Wildman–Crippen MR) is 186 cm³/mol. The van der Waals surface area contributed by atoms with Gasteiger partial charge in [0.15, 0.2) is 18.9 Å². The van der Waals surface area contributed by atoms with Crippen molar-refractivity contribution in [3.05, 3.63) is 0 Å². The third-order valence-electron chi connectivity index (χ3n) is 10.4. The molecule has 0 bridgehead atoms. The number of aliphatic hydroxyl groups excluding tert-OH is 12. The third kappa shape index (κ3) is 10.8. The van der Waals surface area contributed by atoms with Crippen LogP contribution in [0.2, 0.25) is 0 Å². The number of carbonyl (C=O) groups excluding carboxylic acids is 3. The molecule has 4 aliphatic heterocycles. The summed E-state index contributed by atoms with van der Waals surface area (Å²) in [6, 6.07) is -5.02. The van der Waals surface area contributed by atoms with Crippen LogP contribution in [-0.2, 0) is 52.3 Å². The van der Waals surface area contributed by atoms with Crippen molar-refractivity contribution in [1.82, 2.24) is 16.0 Å². The summed E-state index contributed by atoms with van der Waals surface area (Å²) in [5, 5.41) is 145. The van der Waals surface area contributed by atoms with Gasteiger partial charge in [0.1, 0.15) is 91.4 Å². The summed E-state index contributed by atoms with van der Waals surface area (Å²) in [7, 11) is 0. The standard InChI is InChI=1S/C33H55N3O24/c1-9(41)34-17-12(44)4-33(32(52)53,59-27(17)20(46)13(45)5-37)60-28-24(50)31(58-26-19(36-11(3)43)29(51)54-15(7-39)22(26)48)56-16(8-40)25(28)57-30-18(35-10(2)42)23(49)21(47)14(6-38)55-30/h12-31,37-40,44-51H,4-8H2,1-3H3,(H,34,41)(H,35,42)(H,36,43)(H,52,53)/t12-,13+,14+,15+,16+,17+,18+,19+,20+,21-,22-,23+,24+,25-,26+,27+,28+,29?,30-,31-,33-/m0/s1. The number of carbonyl (C=O) groups is 4. The maximum atomic E-state index is 13.2. The fourth-order valence-electron chi connectivity index (χ4n) is 7.45. The first kappa shape index (κ1) is 49.8. The molecule has 27 heteroatoms. The van der Waals surface area contributed by atoms with Gasteiger partial charge in [-0.25, -0.2) is 4.79 Å². The van der Waals surface area contributed by atoms with Crippen molar-refractivity contribution in [2.24, 2.45) is 0 Å². The van der Waals surface area contributed by atoms with Crippen LogP contribution < -0.4 is 16.0 Å². The van der Waals surface area contributed by atoms with Crippen molar-refractivity contribution in [3.8, 4) is 0 Å². The molecular weight excluding hydrogens is 822 g/mol. The van der Waals surface area contributed by atoms with E-state index in [0.717, 1.165) is 20.8 Å². The molecule has 4 heterocycles. The minimum atomic E-state index is -3.24. The van der Waals surface area contributed by atoms with Crippen LogP contribution in [0.4, 0.5) is 0 Å². The largest absolute Gasteiger partial charge is 0.477 e. The second-order valence-corrected chi connectivity index (χ2v) is 14.8. The molecule has 16 N–H and O–H groups in total. The maximum absolute atomic E-state index is 13.2. The highest BCUT2D eigenvalue weighted by Crippen LogP contribution is 2.40. The van der Waals surface area contributed by atoms with E-state index in [1.165, 1.54) is 0 Å². The maximum Gasteiger partial charge on any atom is 0.364 e. The number of hydrogen-bond donors (Lipinski definition) is 16. The molecule has 0 radical (unpaired) electrons. The lowest BCUT2D eigenvalue weighted by Crippen LogP contribution is -2.72. The molecule has 0 saturated carbocycles. The quantitative estimate of drug-likeness (QED) is 0.0684. The number of ether oxygens (including phenoxy) is 7. The first-order valence-corrected chi connectivity index (χ1v) is 18.7. The summed E-state index contributed by atoms with van der Waals surface area (Å²) in [6.07, 6.45) is -35.0. The highest BCUT2D eigenvalue weighted by atomic mass is 16.8. The van der Waals surface area contributed by atoms with Crippen molar-refractivity contribution in [3.63, 3.8) is 0 Å². The normalized spacial score (nSPS) is 43.3. The lowest BCUT2D eigenvalue weighted by molar-refractivity contribution is -0.397. The summed E-state index contributed by atoms with van der Waals surface area (Å²) in [4.78, 5) is 49.6. The van der Waals surface area contributed by atoms with E-state index in [9.17, 15) is 85.6 Å². The van der Waals surface area contributed by atoms with Gasteiger partial charge < -0.3 is 115 Å². The van der Waals surface area contributed by atoms with Gasteiger partial charge in [-0.3, -0.25) is 14.4 Å². The molecule has 27 nitrogen and oxygen atoms in total. The average Bonchev–Trinajstić information content (AvgIpc) is 3.18. The van der Waals surface area contributed by atoms with Crippen molar-refractivity contribution in [2.75, 3.05) is 26.4 Å². The molecule has 0 aromatic heterocycles. The van der Waals surface area contributed by atoms with E-state index in [1.54, 1.807) is 0 Å². The Morgan fingerprint density at radius 2 is 1.17 bits per heavy atom. The Balaban J connectivity index is 1.85. The lowest BCUT2D eigenvalue weighted by Gasteiger charge is -2.52. The Morgan fingerprint density at radius 3 is 1.70 bits per heavy atom. The molecule has 60 heavy (non-hydrogen) atoms. The molecule has 0 spiro atoms. The van der Waals surface area contributed by atoms with Crippen LogP contribution in [0, 0.1) is 0 Å². The van der Waals surface area contributed by atoms with Crippen molar-refractivity contribution < 1.29 is 119 Å².